The van der Waals surface area contributed by atoms with Gasteiger partial charge in [-0.2, -0.15) is 0 Å². The maximum absolute atomic E-state index is 13.1. The number of rotatable bonds is 12. The molecular formula is C26H32BrN7O3. The zero-order valence-electron chi connectivity index (χ0n) is 20.9. The maximum atomic E-state index is 13.1. The van der Waals surface area contributed by atoms with Crippen molar-refractivity contribution in [2.45, 2.75) is 39.2 Å². The number of amides is 2. The van der Waals surface area contributed by atoms with Crippen LogP contribution in [-0.2, 0) is 0 Å². The van der Waals surface area contributed by atoms with Crippen LogP contribution in [0.25, 0.3) is 11.3 Å². The van der Waals surface area contributed by atoms with E-state index in [1.807, 2.05) is 44.2 Å². The maximum Gasteiger partial charge on any atom is 0.273 e. The lowest BCUT2D eigenvalue weighted by Gasteiger charge is -2.17. The summed E-state index contributed by atoms with van der Waals surface area (Å²) in [4.78, 5) is 38.7. The summed E-state index contributed by atoms with van der Waals surface area (Å²) < 4.78 is 6.85. The molecule has 0 spiro atoms. The molecule has 0 fully saturated rings. The van der Waals surface area contributed by atoms with Crippen molar-refractivity contribution in [2.24, 2.45) is 22.4 Å². The molecule has 10 nitrogen and oxygen atoms in total. The number of carbonyl (C=O) groups is 2. The Labute approximate surface area is 224 Å². The van der Waals surface area contributed by atoms with E-state index in [2.05, 4.69) is 41.5 Å². The molecule has 196 valence electrons. The largest absolute Gasteiger partial charge is 0.438 e. The smallest absolute Gasteiger partial charge is 0.273 e. The van der Waals surface area contributed by atoms with Gasteiger partial charge in [-0.25, -0.2) is 4.98 Å². The Bertz CT molecular complexity index is 1220. The standard InChI is InChI=1S/C26H32BrN7O3/c1-16(2)12-20(33-23(35)18-13-19(27)15-30-14-18)25-34-21(22(37-25)17-8-4-3-5-9-17)24(36)31-10-6-7-11-32-26(28)29/h3-5,8-9,13-16,20H,6-7,10-12H2,1-2H3,(H,31,36)(H,33,35)(H4,28,29,32). The van der Waals surface area contributed by atoms with E-state index >= 15 is 0 Å². The normalized spacial score (nSPS) is 11.7. The highest BCUT2D eigenvalue weighted by molar-refractivity contribution is 9.10. The fraction of sp³-hybridized carbons (Fsp3) is 0.346. The molecule has 0 radical (unpaired) electrons. The van der Waals surface area contributed by atoms with Crippen LogP contribution in [0.3, 0.4) is 0 Å². The van der Waals surface area contributed by atoms with Crippen molar-refractivity contribution < 1.29 is 14.0 Å². The number of oxazole rings is 1. The van der Waals surface area contributed by atoms with Gasteiger partial charge >= 0.3 is 0 Å². The number of aliphatic imine (C=N–C) groups is 1. The van der Waals surface area contributed by atoms with Crippen LogP contribution in [0.4, 0.5) is 0 Å². The van der Waals surface area contributed by atoms with Gasteiger partial charge in [-0.3, -0.25) is 19.6 Å². The average Bonchev–Trinajstić information content (AvgIpc) is 3.31. The number of pyridine rings is 1. The quantitative estimate of drug-likeness (QED) is 0.146. The summed E-state index contributed by atoms with van der Waals surface area (Å²) in [6.07, 6.45) is 5.08. The van der Waals surface area contributed by atoms with Gasteiger partial charge in [0.1, 0.15) is 6.04 Å². The molecule has 3 aromatic rings. The van der Waals surface area contributed by atoms with Gasteiger partial charge in [0.05, 0.1) is 5.56 Å². The number of hydrogen-bond acceptors (Lipinski definition) is 6. The molecule has 11 heteroatoms. The van der Waals surface area contributed by atoms with Crippen molar-refractivity contribution >= 4 is 33.7 Å². The second-order valence-electron chi connectivity index (χ2n) is 8.91. The minimum absolute atomic E-state index is 0.0471. The van der Waals surface area contributed by atoms with Crippen LogP contribution in [0, 0.1) is 5.92 Å². The molecule has 0 aliphatic carbocycles. The SMILES string of the molecule is CC(C)CC(NC(=O)c1cncc(Br)c1)c1nc(C(=O)NCCCCN=C(N)N)c(-c2ccccc2)o1. The molecule has 1 unspecified atom stereocenters. The summed E-state index contributed by atoms with van der Waals surface area (Å²) in [7, 11) is 0. The van der Waals surface area contributed by atoms with Gasteiger partial charge in [-0.1, -0.05) is 44.2 Å². The molecular weight excluding hydrogens is 538 g/mol. The number of unbranched alkanes of at least 4 members (excludes halogenated alkanes) is 1. The highest BCUT2D eigenvalue weighted by Gasteiger charge is 2.27. The van der Waals surface area contributed by atoms with E-state index in [-0.39, 0.29) is 35.3 Å². The Morgan fingerprint density at radius 1 is 1.11 bits per heavy atom. The van der Waals surface area contributed by atoms with E-state index < -0.39 is 6.04 Å². The van der Waals surface area contributed by atoms with Crippen molar-refractivity contribution in [2.75, 3.05) is 13.1 Å². The fourth-order valence-corrected chi connectivity index (χ4v) is 3.99. The molecule has 1 atom stereocenters. The van der Waals surface area contributed by atoms with Crippen LogP contribution in [0.1, 0.15) is 65.9 Å². The van der Waals surface area contributed by atoms with E-state index in [4.69, 9.17) is 15.9 Å². The Kier molecular flexibility index (Phi) is 10.2. The van der Waals surface area contributed by atoms with E-state index in [9.17, 15) is 9.59 Å². The number of hydrogen-bond donors (Lipinski definition) is 4. The second kappa shape index (κ2) is 13.5. The summed E-state index contributed by atoms with van der Waals surface area (Å²) in [5.74, 6) is 0.209. The number of carbonyl (C=O) groups excluding carboxylic acids is 2. The van der Waals surface area contributed by atoms with Crippen LogP contribution in [0.15, 0.2) is 62.7 Å². The molecule has 3 rings (SSSR count). The van der Waals surface area contributed by atoms with Crippen LogP contribution >= 0.6 is 15.9 Å². The minimum atomic E-state index is -0.546. The lowest BCUT2D eigenvalue weighted by atomic mass is 10.0. The topological polar surface area (TPSA) is 162 Å². The van der Waals surface area contributed by atoms with E-state index in [0.29, 0.717) is 47.3 Å². The number of aromatic nitrogens is 2. The molecule has 0 saturated carbocycles. The fourth-order valence-electron chi connectivity index (χ4n) is 3.63. The first kappa shape index (κ1) is 27.9. The van der Waals surface area contributed by atoms with E-state index in [0.717, 1.165) is 6.42 Å². The number of halogens is 1. The third-order valence-electron chi connectivity index (χ3n) is 5.34. The van der Waals surface area contributed by atoms with Gasteiger partial charge in [-0.05, 0) is 47.2 Å². The Morgan fingerprint density at radius 2 is 1.86 bits per heavy atom. The van der Waals surface area contributed by atoms with Crippen molar-refractivity contribution in [1.82, 2.24) is 20.6 Å². The zero-order chi connectivity index (χ0) is 26.8. The molecule has 6 N–H and O–H groups in total. The molecule has 0 aliphatic rings. The van der Waals surface area contributed by atoms with Crippen molar-refractivity contribution in [1.29, 1.82) is 0 Å². The zero-order valence-corrected chi connectivity index (χ0v) is 22.5. The van der Waals surface area contributed by atoms with Gasteiger partial charge < -0.3 is 26.5 Å². The highest BCUT2D eigenvalue weighted by atomic mass is 79.9. The minimum Gasteiger partial charge on any atom is -0.438 e. The number of nitrogens with two attached hydrogens (primary N) is 2. The molecule has 0 bridgehead atoms. The monoisotopic (exact) mass is 569 g/mol. The van der Waals surface area contributed by atoms with E-state index in [1.165, 1.54) is 6.20 Å². The molecule has 37 heavy (non-hydrogen) atoms. The van der Waals surface area contributed by atoms with Gasteiger partial charge in [0.25, 0.3) is 11.8 Å². The highest BCUT2D eigenvalue weighted by Crippen LogP contribution is 2.30. The van der Waals surface area contributed by atoms with Crippen LogP contribution in [0.2, 0.25) is 0 Å². The lowest BCUT2D eigenvalue weighted by molar-refractivity contribution is 0.0923. The summed E-state index contributed by atoms with van der Waals surface area (Å²) in [5, 5.41) is 5.88. The average molecular weight is 570 g/mol. The first-order chi connectivity index (χ1) is 17.7. The van der Waals surface area contributed by atoms with Gasteiger partial charge in [0.15, 0.2) is 17.4 Å². The number of benzene rings is 1. The number of nitrogens with one attached hydrogen (secondary N) is 2. The Morgan fingerprint density at radius 3 is 2.54 bits per heavy atom. The molecule has 0 saturated heterocycles. The van der Waals surface area contributed by atoms with Gasteiger partial charge in [0.2, 0.25) is 5.89 Å². The first-order valence-corrected chi connectivity index (χ1v) is 12.8. The van der Waals surface area contributed by atoms with Crippen LogP contribution in [0.5, 0.6) is 0 Å². The summed E-state index contributed by atoms with van der Waals surface area (Å²) in [6.45, 7) is 5.00. The molecule has 1 aromatic carbocycles. The number of nitrogens with zero attached hydrogens (tertiary/aromatic N) is 3. The molecule has 2 heterocycles. The van der Waals surface area contributed by atoms with Crippen molar-refractivity contribution in [3.05, 3.63) is 70.4 Å². The van der Waals surface area contributed by atoms with Crippen molar-refractivity contribution in [3.8, 4) is 11.3 Å². The predicted molar refractivity (Wildman–Crippen MR) is 146 cm³/mol. The van der Waals surface area contributed by atoms with Crippen molar-refractivity contribution in [3.63, 3.8) is 0 Å². The Balaban J connectivity index is 1.84. The van der Waals surface area contributed by atoms with Crippen LogP contribution < -0.4 is 22.1 Å². The summed E-state index contributed by atoms with van der Waals surface area (Å²) in [6, 6.07) is 10.4. The molecule has 2 aromatic heterocycles. The second-order valence-corrected chi connectivity index (χ2v) is 9.83. The Hall–Kier alpha value is -3.73. The third kappa shape index (κ3) is 8.42. The van der Waals surface area contributed by atoms with Gasteiger partial charge in [-0.15, -0.1) is 0 Å². The summed E-state index contributed by atoms with van der Waals surface area (Å²) >= 11 is 3.34. The van der Waals surface area contributed by atoms with Gasteiger partial charge in [0, 0.05) is 35.5 Å². The van der Waals surface area contributed by atoms with Crippen LogP contribution in [-0.4, -0.2) is 40.8 Å². The molecule has 2 amide bonds. The molecule has 0 aliphatic heterocycles. The predicted octanol–water partition coefficient (Wildman–Crippen LogP) is 3.80. The third-order valence-corrected chi connectivity index (χ3v) is 5.77. The van der Waals surface area contributed by atoms with E-state index in [1.54, 1.807) is 12.3 Å². The summed E-state index contributed by atoms with van der Waals surface area (Å²) in [5.41, 5.74) is 12.0. The first-order valence-electron chi connectivity index (χ1n) is 12.1. The number of guanidine groups is 1. The lowest BCUT2D eigenvalue weighted by Crippen LogP contribution is -2.30.